The van der Waals surface area contributed by atoms with Gasteiger partial charge in [0, 0.05) is 10.8 Å². The molecule has 6 aromatic rings. The van der Waals surface area contributed by atoms with Gasteiger partial charge in [0.25, 0.3) is 0 Å². The van der Waals surface area contributed by atoms with E-state index >= 15 is 0 Å². The number of halogens is 2. The first-order chi connectivity index (χ1) is 28.6. The van der Waals surface area contributed by atoms with Crippen LogP contribution < -0.4 is 24.8 Å². The van der Waals surface area contributed by atoms with Crippen molar-refractivity contribution in [2.24, 2.45) is 10.8 Å². The van der Waals surface area contributed by atoms with Crippen LogP contribution in [0.1, 0.15) is 90.5 Å². The number of fused-ring (bicyclic) bond motifs is 2. The molecule has 0 amide bonds. The van der Waals surface area contributed by atoms with Gasteiger partial charge in [-0.3, -0.25) is 0 Å². The third-order valence-corrected chi connectivity index (χ3v) is 12.3. The van der Waals surface area contributed by atoms with Crippen LogP contribution in [0.3, 0.4) is 0 Å². The van der Waals surface area contributed by atoms with Gasteiger partial charge in [-0.1, -0.05) is 127 Å². The van der Waals surface area contributed by atoms with E-state index in [4.69, 9.17) is 18.9 Å². The van der Waals surface area contributed by atoms with Crippen molar-refractivity contribution in [3.05, 3.63) is 131 Å². The first kappa shape index (κ1) is 52.2. The molecule has 0 aromatic heterocycles. The second-order valence-corrected chi connectivity index (χ2v) is 29.0. The molecule has 0 atom stereocenters. The summed E-state index contributed by atoms with van der Waals surface area (Å²) >= 11 is 1.74. The van der Waals surface area contributed by atoms with Crippen LogP contribution in [-0.4, -0.2) is 45.4 Å². The number of rotatable bonds is 8. The fourth-order valence-electron chi connectivity index (χ4n) is 8.97. The summed E-state index contributed by atoms with van der Waals surface area (Å²) in [5, 5.41) is 5.33. The van der Waals surface area contributed by atoms with E-state index in [0.29, 0.717) is 13.6 Å². The normalized spacial score (nSPS) is 15.9. The van der Waals surface area contributed by atoms with Gasteiger partial charge in [-0.05, 0) is 58.8 Å². The van der Waals surface area contributed by atoms with Crippen molar-refractivity contribution in [3.63, 3.8) is 0 Å². The van der Waals surface area contributed by atoms with E-state index in [2.05, 4.69) is 178 Å². The summed E-state index contributed by atoms with van der Waals surface area (Å²) in [7, 11) is 0. The molecule has 8 rings (SSSR count). The van der Waals surface area contributed by atoms with Crippen molar-refractivity contribution in [1.82, 2.24) is 0 Å². The van der Waals surface area contributed by atoms with Crippen LogP contribution in [0.5, 0.6) is 0 Å². The molecule has 62 heavy (non-hydrogen) atoms. The molecule has 6 aromatic carbocycles. The summed E-state index contributed by atoms with van der Waals surface area (Å²) in [4.78, 5) is 0. The van der Waals surface area contributed by atoms with Gasteiger partial charge in [-0.2, -0.15) is 12.1 Å². The minimum absolute atomic E-state index is 0. The van der Waals surface area contributed by atoms with Crippen LogP contribution in [0.25, 0.3) is 43.8 Å². The molecule has 0 aliphatic carbocycles. The molecule has 4 nitrogen and oxygen atoms in total. The van der Waals surface area contributed by atoms with E-state index in [-0.39, 0.29) is 51.9 Å². The maximum atomic E-state index is 5.65. The number of hydrogen-bond acceptors (Lipinski definition) is 4. The van der Waals surface area contributed by atoms with Crippen LogP contribution in [-0.2, 0) is 66.0 Å². The van der Waals surface area contributed by atoms with E-state index in [1.54, 1.807) is 23.3 Å². The maximum Gasteiger partial charge on any atom is -1.00 e. The van der Waals surface area contributed by atoms with Gasteiger partial charge < -0.3 is 43.8 Å². The van der Waals surface area contributed by atoms with Crippen LogP contribution in [0.2, 0.25) is 13.1 Å². The average molecular weight is 971 g/mol. The molecule has 8 heteroatoms. The van der Waals surface area contributed by atoms with Gasteiger partial charge in [-0.25, -0.2) is 0 Å². The van der Waals surface area contributed by atoms with E-state index < -0.39 is 0 Å². The third-order valence-electron chi connectivity index (χ3n) is 12.3. The molecule has 2 aliphatic heterocycles. The Morgan fingerprint density at radius 3 is 1.18 bits per heavy atom. The van der Waals surface area contributed by atoms with E-state index in [9.17, 15) is 0 Å². The summed E-state index contributed by atoms with van der Waals surface area (Å²) in [6.45, 7) is 26.8. The Bertz CT molecular complexity index is 2190. The zero-order chi connectivity index (χ0) is 43.1. The van der Waals surface area contributed by atoms with Crippen LogP contribution >= 0.6 is 0 Å². The first-order valence-corrected chi connectivity index (χ1v) is 28.1. The summed E-state index contributed by atoms with van der Waals surface area (Å²) in [6, 6.07) is 40.5. The van der Waals surface area contributed by atoms with Crippen molar-refractivity contribution < 1.29 is 67.1 Å². The van der Waals surface area contributed by atoms with E-state index in [0.717, 1.165) is 52.1 Å². The summed E-state index contributed by atoms with van der Waals surface area (Å²) in [5.74, 6) is 0. The molecule has 2 saturated heterocycles. The zero-order valence-corrected chi connectivity index (χ0v) is 43.8. The number of benzene rings is 4. The fraction of sp³-hybridized carbons (Fsp3) is 0.444. The molecule has 0 bridgehead atoms. The summed E-state index contributed by atoms with van der Waals surface area (Å²) < 4.78 is 22.6. The standard InChI is InChI=1S/2C26H31O2.C2H6Si.2ClH.Zr/c2*1-5-26(16-27-18-28-17-26)15-19-13-20-9-8-11-21(23(20)14-19)22-10-6-7-12-24(22)25(2,3)4;1-3-2;;;/h2*6-14H,5,15-18H2,1-4H3;1-2H3;2*1H;/q2*-1;;;;+2/p-2. The second kappa shape index (κ2) is 22.7. The third kappa shape index (κ3) is 12.9. The Balaban J connectivity index is 0.000000244. The Morgan fingerprint density at radius 2 is 0.855 bits per heavy atom. The predicted molar refractivity (Wildman–Crippen MR) is 251 cm³/mol. The van der Waals surface area contributed by atoms with Gasteiger partial charge in [0.2, 0.25) is 0 Å². The molecule has 0 spiro atoms. The Kier molecular flexibility index (Phi) is 19.1. The first-order valence-electron chi connectivity index (χ1n) is 22.0. The molecule has 332 valence electrons. The molecule has 2 heterocycles. The van der Waals surface area contributed by atoms with Crippen molar-refractivity contribution in [2.45, 2.75) is 105 Å². The smallest absolute Gasteiger partial charge is 1.00 e. The monoisotopic (exact) mass is 968 g/mol. The minimum Gasteiger partial charge on any atom is -1.00 e. The zero-order valence-electron chi connectivity index (χ0n) is 38.9. The summed E-state index contributed by atoms with van der Waals surface area (Å²) in [6.07, 6.45) is 4.12. The van der Waals surface area contributed by atoms with Gasteiger partial charge >= 0.3 is 41.9 Å². The quantitative estimate of drug-likeness (QED) is 0.116. The summed E-state index contributed by atoms with van der Waals surface area (Å²) in [5.41, 5.74) is 11.5. The maximum absolute atomic E-state index is 5.65. The van der Waals surface area contributed by atoms with Crippen molar-refractivity contribution in [3.8, 4) is 22.3 Å². The molecule has 2 fully saturated rings. The van der Waals surface area contributed by atoms with E-state index in [1.165, 1.54) is 66.1 Å². The van der Waals surface area contributed by atoms with Gasteiger partial charge in [0.1, 0.15) is 13.6 Å². The molecular formula is C54H68Cl2O4SiZr-2. The molecule has 0 N–H and O–H groups in total. The topological polar surface area (TPSA) is 36.9 Å². The van der Waals surface area contributed by atoms with Gasteiger partial charge in [0.05, 0.1) is 26.4 Å². The number of ether oxygens (including phenoxy) is 4. The molecule has 0 radical (unpaired) electrons. The Hall–Kier alpha value is -2.38. The number of hydrogen-bond donors (Lipinski definition) is 0. The van der Waals surface area contributed by atoms with Gasteiger partial charge in [0.15, 0.2) is 0 Å². The molecule has 0 saturated carbocycles. The van der Waals surface area contributed by atoms with E-state index in [1.807, 2.05) is 0 Å². The van der Waals surface area contributed by atoms with Crippen LogP contribution in [0, 0.1) is 10.8 Å². The average Bonchev–Trinajstić information content (AvgIpc) is 3.84. The SMILES string of the molecule is CCC1(Cc2cc3c(-c4ccccc4C(C)(C)C)cccc3[cH-]2)COCOC1.CCC1(Cc2cc3c(-c4ccccc4C(C)(C)C)cccc3[cH-]2)COCOC1.C[Si](C)=[Zr+2].[Cl-].[Cl-]. The van der Waals surface area contributed by atoms with Crippen LogP contribution in [0.15, 0.2) is 109 Å². The largest absolute Gasteiger partial charge is 1.00 e. The Morgan fingerprint density at radius 1 is 0.532 bits per heavy atom. The predicted octanol–water partition coefficient (Wildman–Crippen LogP) is 7.73. The Labute approximate surface area is 400 Å². The molecular weight excluding hydrogens is 903 g/mol. The molecule has 2 aliphatic rings. The fourth-order valence-corrected chi connectivity index (χ4v) is 8.97. The van der Waals surface area contributed by atoms with Gasteiger partial charge in [-0.15, -0.1) is 69.1 Å². The molecule has 0 unspecified atom stereocenters. The minimum atomic E-state index is 0. The van der Waals surface area contributed by atoms with Crippen LogP contribution in [0.4, 0.5) is 0 Å². The second-order valence-electron chi connectivity index (χ2n) is 19.6. The van der Waals surface area contributed by atoms with Crippen molar-refractivity contribution in [1.29, 1.82) is 0 Å². The van der Waals surface area contributed by atoms with Crippen molar-refractivity contribution >= 4 is 27.0 Å². The van der Waals surface area contributed by atoms with Crippen molar-refractivity contribution in [2.75, 3.05) is 40.0 Å².